The monoisotopic (exact) mass is 401 g/mol. The van der Waals surface area contributed by atoms with Crippen LogP contribution in [0.3, 0.4) is 0 Å². The highest BCUT2D eigenvalue weighted by atomic mass is 32.2. The van der Waals surface area contributed by atoms with E-state index in [2.05, 4.69) is 9.88 Å². The fourth-order valence-corrected chi connectivity index (χ4v) is 3.84. The van der Waals surface area contributed by atoms with Crippen LogP contribution in [0.4, 0.5) is 5.69 Å². The number of benzene rings is 1. The Kier molecular flexibility index (Phi) is 6.43. The summed E-state index contributed by atoms with van der Waals surface area (Å²) < 4.78 is 25.9. The van der Waals surface area contributed by atoms with Crippen molar-refractivity contribution < 1.29 is 18.2 Å². The van der Waals surface area contributed by atoms with Crippen LogP contribution in [0.5, 0.6) is 0 Å². The first-order valence-corrected chi connectivity index (χ1v) is 10.6. The first-order chi connectivity index (χ1) is 13.5. The van der Waals surface area contributed by atoms with Gasteiger partial charge in [-0.1, -0.05) is 30.3 Å². The van der Waals surface area contributed by atoms with Crippen molar-refractivity contribution >= 4 is 27.7 Å². The predicted octanol–water partition coefficient (Wildman–Crippen LogP) is 1.08. The number of carbonyl (C=O) groups is 1. The van der Waals surface area contributed by atoms with E-state index in [1.807, 2.05) is 54.9 Å². The average Bonchev–Trinajstić information content (AvgIpc) is 2.74. The lowest BCUT2D eigenvalue weighted by molar-refractivity contribution is -0.377. The Morgan fingerprint density at radius 2 is 1.71 bits per heavy atom. The van der Waals surface area contributed by atoms with E-state index in [4.69, 9.17) is 0 Å². The van der Waals surface area contributed by atoms with Crippen molar-refractivity contribution in [2.24, 2.45) is 0 Å². The highest BCUT2D eigenvalue weighted by Gasteiger charge is 2.25. The molecule has 1 aromatic heterocycles. The Morgan fingerprint density at radius 1 is 1.07 bits per heavy atom. The summed E-state index contributed by atoms with van der Waals surface area (Å²) in [7, 11) is -2.22. The molecule has 28 heavy (non-hydrogen) atoms. The third kappa shape index (κ3) is 5.17. The molecule has 0 radical (unpaired) electrons. The number of amides is 1. The number of piperazine rings is 1. The number of pyridine rings is 1. The van der Waals surface area contributed by atoms with Gasteiger partial charge in [-0.05, 0) is 11.6 Å². The molecule has 148 valence electrons. The molecule has 8 heteroatoms. The van der Waals surface area contributed by atoms with Crippen LogP contribution in [0.2, 0.25) is 0 Å². The van der Waals surface area contributed by atoms with Gasteiger partial charge in [0.2, 0.25) is 15.9 Å². The van der Waals surface area contributed by atoms with Crippen LogP contribution >= 0.6 is 0 Å². The van der Waals surface area contributed by atoms with Crippen LogP contribution in [-0.2, 0) is 14.8 Å². The van der Waals surface area contributed by atoms with Crippen molar-refractivity contribution in [3.8, 4) is 0 Å². The second-order valence-electron chi connectivity index (χ2n) is 6.64. The first kappa shape index (κ1) is 20.0. The van der Waals surface area contributed by atoms with E-state index in [1.165, 1.54) is 13.1 Å². The minimum atomic E-state index is -3.65. The van der Waals surface area contributed by atoms with Crippen LogP contribution in [0.25, 0.3) is 6.08 Å². The first-order valence-electron chi connectivity index (χ1n) is 9.14. The molecule has 2 heterocycles. The Labute approximate surface area is 165 Å². The average molecular weight is 402 g/mol. The predicted molar refractivity (Wildman–Crippen MR) is 109 cm³/mol. The zero-order valence-corrected chi connectivity index (χ0v) is 16.7. The summed E-state index contributed by atoms with van der Waals surface area (Å²) in [5, 5.41) is 1.14. The lowest BCUT2D eigenvalue weighted by atomic mass is 10.2. The van der Waals surface area contributed by atoms with Crippen molar-refractivity contribution in [1.29, 1.82) is 0 Å². The minimum Gasteiger partial charge on any atom is -0.368 e. The molecule has 0 saturated carbocycles. The van der Waals surface area contributed by atoms with Gasteiger partial charge in [0.15, 0.2) is 12.4 Å². The fraction of sp³-hybridized carbons (Fsp3) is 0.300. The van der Waals surface area contributed by atoms with Gasteiger partial charge < -0.3 is 9.80 Å². The number of carbonyl (C=O) groups excluding carboxylic acids is 1. The lowest BCUT2D eigenvalue weighted by Gasteiger charge is -2.36. The molecule has 1 fully saturated rings. The second kappa shape index (κ2) is 8.99. The number of aromatic amines is 1. The largest absolute Gasteiger partial charge is 0.368 e. The second-order valence-corrected chi connectivity index (χ2v) is 8.57. The number of nitrogens with zero attached hydrogens (tertiary/aromatic N) is 3. The van der Waals surface area contributed by atoms with Gasteiger partial charge in [-0.15, -0.1) is 0 Å². The molecule has 2 aromatic rings. The van der Waals surface area contributed by atoms with Crippen LogP contribution in [-0.4, -0.2) is 63.3 Å². The van der Waals surface area contributed by atoms with Crippen molar-refractivity contribution in [3.05, 3.63) is 65.8 Å². The smallest absolute Gasteiger partial charge is 0.238 e. The number of aromatic nitrogens is 1. The van der Waals surface area contributed by atoms with Gasteiger partial charge in [-0.2, -0.15) is 4.31 Å². The summed E-state index contributed by atoms with van der Waals surface area (Å²) in [5.74, 6) is -0.180. The van der Waals surface area contributed by atoms with Gasteiger partial charge >= 0.3 is 0 Å². The van der Waals surface area contributed by atoms with E-state index < -0.39 is 10.0 Å². The minimum absolute atomic E-state index is 0.165. The summed E-state index contributed by atoms with van der Waals surface area (Å²) in [5.41, 5.74) is 1.90. The molecule has 1 aromatic carbocycles. The quantitative estimate of drug-likeness (QED) is 0.726. The van der Waals surface area contributed by atoms with Crippen LogP contribution in [0.15, 0.2) is 60.3 Å². The highest BCUT2D eigenvalue weighted by molar-refractivity contribution is 7.92. The van der Waals surface area contributed by atoms with Gasteiger partial charge in [0, 0.05) is 56.5 Å². The molecule has 0 bridgehead atoms. The van der Waals surface area contributed by atoms with E-state index in [9.17, 15) is 13.2 Å². The maximum Gasteiger partial charge on any atom is 0.238 e. The Hall–Kier alpha value is -2.71. The van der Waals surface area contributed by atoms with Crippen molar-refractivity contribution in [3.63, 3.8) is 0 Å². The maximum absolute atomic E-state index is 12.5. The summed E-state index contributed by atoms with van der Waals surface area (Å²) in [6.45, 7) is 2.43. The zero-order chi connectivity index (χ0) is 20.0. The molecular weight excluding hydrogens is 376 g/mol. The Morgan fingerprint density at radius 3 is 2.36 bits per heavy atom. The SMILES string of the molecule is CN(CC(=O)N1CCN(c2cc[nH+]cc2)CC1)S(=O)(=O)/C=C/c1ccccc1. The van der Waals surface area contributed by atoms with Crippen molar-refractivity contribution in [1.82, 2.24) is 9.21 Å². The molecule has 1 N–H and O–H groups in total. The van der Waals surface area contributed by atoms with E-state index >= 15 is 0 Å². The third-order valence-electron chi connectivity index (χ3n) is 4.72. The summed E-state index contributed by atoms with van der Waals surface area (Å²) in [6.07, 6.45) is 5.28. The number of hydrogen-bond donors (Lipinski definition) is 0. The van der Waals surface area contributed by atoms with Crippen LogP contribution in [0.1, 0.15) is 5.56 Å². The Balaban J connectivity index is 1.53. The van der Waals surface area contributed by atoms with Gasteiger partial charge in [0.25, 0.3) is 0 Å². The van der Waals surface area contributed by atoms with Gasteiger partial charge in [0.05, 0.1) is 6.54 Å². The molecule has 0 aliphatic carbocycles. The number of rotatable bonds is 6. The molecule has 1 saturated heterocycles. The highest BCUT2D eigenvalue weighted by Crippen LogP contribution is 2.14. The maximum atomic E-state index is 12.5. The zero-order valence-electron chi connectivity index (χ0n) is 15.9. The standard InChI is InChI=1S/C20H24N4O3S/c1-22(28(26,27)16-9-18-5-3-2-4-6-18)17-20(25)24-14-12-23(13-15-24)19-7-10-21-11-8-19/h2-11,16H,12-15,17H2,1H3/p+1/b16-9+. The van der Waals surface area contributed by atoms with Crippen molar-refractivity contribution in [2.75, 3.05) is 44.7 Å². The number of hydrogen-bond acceptors (Lipinski definition) is 4. The summed E-state index contributed by atoms with van der Waals surface area (Å²) >= 11 is 0. The van der Waals surface area contributed by atoms with Gasteiger partial charge in [-0.3, -0.25) is 4.79 Å². The third-order valence-corrected chi connectivity index (χ3v) is 6.20. The van der Waals surface area contributed by atoms with E-state index in [0.29, 0.717) is 13.1 Å². The molecule has 1 amide bonds. The van der Waals surface area contributed by atoms with E-state index in [1.54, 1.807) is 4.90 Å². The van der Waals surface area contributed by atoms with Gasteiger partial charge in [0.1, 0.15) is 0 Å². The lowest BCUT2D eigenvalue weighted by Crippen LogP contribution is -2.51. The van der Waals surface area contributed by atoms with E-state index in [-0.39, 0.29) is 12.5 Å². The number of likely N-dealkylation sites (N-methyl/N-ethyl adjacent to an activating group) is 1. The summed E-state index contributed by atoms with van der Waals surface area (Å²) in [6, 6.07) is 13.2. The number of sulfonamides is 1. The number of H-pyrrole nitrogens is 1. The molecule has 1 aliphatic heterocycles. The molecular formula is C20H25N4O3S+. The molecule has 0 atom stereocenters. The summed E-state index contributed by atoms with van der Waals surface area (Å²) in [4.78, 5) is 19.5. The fourth-order valence-electron chi connectivity index (χ4n) is 3.02. The Bertz CT molecular complexity index is 909. The number of nitrogens with one attached hydrogen (secondary N) is 1. The number of anilines is 1. The van der Waals surface area contributed by atoms with Gasteiger partial charge in [-0.25, -0.2) is 13.4 Å². The molecule has 3 rings (SSSR count). The molecule has 7 nitrogen and oxygen atoms in total. The molecule has 0 unspecified atom stereocenters. The molecule has 0 spiro atoms. The normalized spacial score (nSPS) is 15.4. The molecule has 1 aliphatic rings. The van der Waals surface area contributed by atoms with Crippen molar-refractivity contribution in [2.45, 2.75) is 0 Å². The van der Waals surface area contributed by atoms with Crippen LogP contribution in [0, 0.1) is 0 Å². The van der Waals surface area contributed by atoms with E-state index in [0.717, 1.165) is 34.1 Å². The topological polar surface area (TPSA) is 75.1 Å². The van der Waals surface area contributed by atoms with Crippen LogP contribution < -0.4 is 9.88 Å².